The lowest BCUT2D eigenvalue weighted by Gasteiger charge is -2.20. The fourth-order valence-corrected chi connectivity index (χ4v) is 3.08. The van der Waals surface area contributed by atoms with Gasteiger partial charge in [0.1, 0.15) is 18.0 Å². The van der Waals surface area contributed by atoms with Crippen molar-refractivity contribution in [1.82, 2.24) is 9.88 Å². The van der Waals surface area contributed by atoms with Crippen molar-refractivity contribution in [3.63, 3.8) is 0 Å². The summed E-state index contributed by atoms with van der Waals surface area (Å²) in [6.07, 6.45) is 0.543. The van der Waals surface area contributed by atoms with Crippen molar-refractivity contribution in [3.8, 4) is 5.75 Å². The van der Waals surface area contributed by atoms with Crippen LogP contribution in [-0.4, -0.2) is 55.0 Å². The number of H-pyrrole nitrogens is 1. The number of methoxy groups -OCH3 is 2. The number of aromatic nitrogens is 1. The lowest BCUT2D eigenvalue weighted by atomic mass is 10.1. The van der Waals surface area contributed by atoms with E-state index in [0.29, 0.717) is 46.9 Å². The van der Waals surface area contributed by atoms with Gasteiger partial charge in [0, 0.05) is 24.0 Å². The third-order valence-corrected chi connectivity index (χ3v) is 4.64. The minimum absolute atomic E-state index is 0.125. The molecule has 8 heteroatoms. The van der Waals surface area contributed by atoms with Gasteiger partial charge in [-0.2, -0.15) is 0 Å². The second-order valence-corrected chi connectivity index (χ2v) is 6.42. The summed E-state index contributed by atoms with van der Waals surface area (Å²) in [6, 6.07) is 6.97. The van der Waals surface area contributed by atoms with Crippen LogP contribution in [0.15, 0.2) is 24.3 Å². The van der Waals surface area contributed by atoms with Crippen molar-refractivity contribution >= 4 is 23.5 Å². The van der Waals surface area contributed by atoms with Gasteiger partial charge < -0.3 is 24.7 Å². The number of rotatable bonds is 8. The Morgan fingerprint density at radius 2 is 1.90 bits per heavy atom. The molecule has 0 unspecified atom stereocenters. The van der Waals surface area contributed by atoms with E-state index in [1.165, 1.54) is 12.0 Å². The van der Waals surface area contributed by atoms with E-state index in [0.717, 1.165) is 0 Å². The van der Waals surface area contributed by atoms with Crippen LogP contribution < -0.4 is 10.1 Å². The van der Waals surface area contributed by atoms with E-state index in [4.69, 9.17) is 9.47 Å². The van der Waals surface area contributed by atoms with Crippen LogP contribution in [-0.2, 0) is 16.0 Å². The summed E-state index contributed by atoms with van der Waals surface area (Å²) in [5, 5.41) is 2.76. The average molecular weight is 401 g/mol. The molecule has 2 N–H and O–H groups in total. The molecule has 0 radical (unpaired) electrons. The first kappa shape index (κ1) is 22.0. The summed E-state index contributed by atoms with van der Waals surface area (Å²) in [4.78, 5) is 42.0. The molecule has 0 bridgehead atoms. The van der Waals surface area contributed by atoms with Gasteiger partial charge in [-0.05, 0) is 38.0 Å². The first-order valence-corrected chi connectivity index (χ1v) is 9.39. The Morgan fingerprint density at radius 1 is 1.17 bits per heavy atom. The molecule has 0 aliphatic carbocycles. The number of hydrogen-bond acceptors (Lipinski definition) is 5. The second-order valence-electron chi connectivity index (χ2n) is 6.42. The molecule has 0 aliphatic heterocycles. The topological polar surface area (TPSA) is 101 Å². The lowest BCUT2D eigenvalue weighted by Crippen LogP contribution is -2.38. The van der Waals surface area contributed by atoms with Crippen molar-refractivity contribution < 1.29 is 23.9 Å². The number of nitrogens with one attached hydrogen (secondary N) is 2. The van der Waals surface area contributed by atoms with Gasteiger partial charge in [-0.3, -0.25) is 9.59 Å². The maximum absolute atomic E-state index is 13.0. The molecule has 8 nitrogen and oxygen atoms in total. The van der Waals surface area contributed by atoms with E-state index in [9.17, 15) is 14.4 Å². The van der Waals surface area contributed by atoms with E-state index < -0.39 is 5.97 Å². The highest BCUT2D eigenvalue weighted by atomic mass is 16.5. The van der Waals surface area contributed by atoms with Crippen molar-refractivity contribution in [2.24, 2.45) is 0 Å². The van der Waals surface area contributed by atoms with Gasteiger partial charge in [-0.25, -0.2) is 4.79 Å². The standard InChI is InChI=1S/C21H27N3O5/c1-6-16-18(21(27)29-5)13(3)19(23-16)20(26)24(7-2)12-17(25)22-14-9-8-10-15(11-14)28-4/h8-11,23H,6-7,12H2,1-5H3,(H,22,25). The first-order chi connectivity index (χ1) is 13.9. The maximum atomic E-state index is 13.0. The number of benzene rings is 1. The number of nitrogens with zero attached hydrogens (tertiary/aromatic N) is 1. The van der Waals surface area contributed by atoms with Crippen molar-refractivity contribution in [1.29, 1.82) is 0 Å². The molecule has 0 spiro atoms. The van der Waals surface area contributed by atoms with Crippen LogP contribution in [0.4, 0.5) is 5.69 Å². The minimum atomic E-state index is -0.492. The van der Waals surface area contributed by atoms with Crippen LogP contribution in [0.1, 0.15) is 46.0 Å². The zero-order valence-electron chi connectivity index (χ0n) is 17.4. The predicted octanol–water partition coefficient (Wildman–Crippen LogP) is 2.78. The van der Waals surface area contributed by atoms with Crippen molar-refractivity contribution in [2.75, 3.05) is 32.6 Å². The van der Waals surface area contributed by atoms with Crippen LogP contribution in [0, 0.1) is 6.92 Å². The fourth-order valence-electron chi connectivity index (χ4n) is 3.08. The number of anilines is 1. The number of aromatic amines is 1. The summed E-state index contributed by atoms with van der Waals surface area (Å²) >= 11 is 0. The van der Waals surface area contributed by atoms with Gasteiger partial charge in [0.2, 0.25) is 5.91 Å². The molecule has 1 heterocycles. The van der Waals surface area contributed by atoms with Gasteiger partial charge in [0.05, 0.1) is 19.8 Å². The zero-order valence-corrected chi connectivity index (χ0v) is 17.4. The smallest absolute Gasteiger partial charge is 0.339 e. The maximum Gasteiger partial charge on any atom is 0.339 e. The molecule has 1 aromatic heterocycles. The quantitative estimate of drug-likeness (QED) is 0.663. The van der Waals surface area contributed by atoms with Gasteiger partial charge in [-0.1, -0.05) is 13.0 Å². The largest absolute Gasteiger partial charge is 0.497 e. The molecule has 2 amide bonds. The molecule has 2 rings (SSSR count). The number of amides is 2. The third-order valence-electron chi connectivity index (χ3n) is 4.64. The molecule has 156 valence electrons. The van der Waals surface area contributed by atoms with Crippen LogP contribution >= 0.6 is 0 Å². The van der Waals surface area contributed by atoms with E-state index in [1.807, 2.05) is 6.92 Å². The highest BCUT2D eigenvalue weighted by Crippen LogP contribution is 2.22. The molecule has 0 fully saturated rings. The SMILES string of the molecule is CCc1[nH]c(C(=O)N(CC)CC(=O)Nc2cccc(OC)c2)c(C)c1C(=O)OC. The van der Waals surface area contributed by atoms with E-state index >= 15 is 0 Å². The molecule has 0 aliphatic rings. The normalized spacial score (nSPS) is 10.4. The molecule has 0 saturated carbocycles. The number of esters is 1. The summed E-state index contributed by atoms with van der Waals surface area (Å²) in [5.41, 5.74) is 2.39. The van der Waals surface area contributed by atoms with Gasteiger partial charge >= 0.3 is 5.97 Å². The van der Waals surface area contributed by atoms with Crippen LogP contribution in [0.5, 0.6) is 5.75 Å². The molecule has 2 aromatic rings. The number of hydrogen-bond donors (Lipinski definition) is 2. The monoisotopic (exact) mass is 401 g/mol. The molecular weight excluding hydrogens is 374 g/mol. The Morgan fingerprint density at radius 3 is 2.48 bits per heavy atom. The Hall–Kier alpha value is -3.29. The number of aryl methyl sites for hydroxylation is 1. The van der Waals surface area contributed by atoms with Crippen LogP contribution in [0.3, 0.4) is 0 Å². The Bertz CT molecular complexity index is 904. The lowest BCUT2D eigenvalue weighted by molar-refractivity contribution is -0.116. The third kappa shape index (κ3) is 4.96. The van der Waals surface area contributed by atoms with Gasteiger partial charge in [0.15, 0.2) is 0 Å². The molecule has 0 saturated heterocycles. The Kier molecular flexibility index (Phi) is 7.41. The van der Waals surface area contributed by atoms with E-state index in [-0.39, 0.29) is 18.4 Å². The average Bonchev–Trinajstić information content (AvgIpc) is 3.07. The number of ether oxygens (including phenoxy) is 2. The number of carbonyl (C=O) groups excluding carboxylic acids is 3. The highest BCUT2D eigenvalue weighted by molar-refractivity contribution is 6.02. The van der Waals surface area contributed by atoms with E-state index in [1.54, 1.807) is 45.2 Å². The molecular formula is C21H27N3O5. The van der Waals surface area contributed by atoms with Crippen molar-refractivity contribution in [2.45, 2.75) is 27.2 Å². The van der Waals surface area contributed by atoms with Gasteiger partial charge in [0.25, 0.3) is 5.91 Å². The summed E-state index contributed by atoms with van der Waals surface area (Å²) in [5.74, 6) is -0.554. The Balaban J connectivity index is 2.19. The second kappa shape index (κ2) is 9.77. The van der Waals surface area contributed by atoms with E-state index in [2.05, 4.69) is 10.3 Å². The summed E-state index contributed by atoms with van der Waals surface area (Å²) in [7, 11) is 2.85. The fraction of sp³-hybridized carbons (Fsp3) is 0.381. The first-order valence-electron chi connectivity index (χ1n) is 9.39. The van der Waals surface area contributed by atoms with Crippen LogP contribution in [0.25, 0.3) is 0 Å². The Labute approximate surface area is 170 Å². The summed E-state index contributed by atoms with van der Waals surface area (Å²) < 4.78 is 9.97. The number of carbonyl (C=O) groups is 3. The van der Waals surface area contributed by atoms with Crippen molar-refractivity contribution in [3.05, 3.63) is 46.8 Å². The number of likely N-dealkylation sites (N-methyl/N-ethyl adjacent to an activating group) is 1. The van der Waals surface area contributed by atoms with Crippen LogP contribution in [0.2, 0.25) is 0 Å². The molecule has 1 aromatic carbocycles. The highest BCUT2D eigenvalue weighted by Gasteiger charge is 2.27. The predicted molar refractivity (Wildman–Crippen MR) is 109 cm³/mol. The molecule has 0 atom stereocenters. The zero-order chi connectivity index (χ0) is 21.6. The molecule has 29 heavy (non-hydrogen) atoms. The minimum Gasteiger partial charge on any atom is -0.497 e. The summed E-state index contributed by atoms with van der Waals surface area (Å²) in [6.45, 7) is 5.57. The van der Waals surface area contributed by atoms with Gasteiger partial charge in [-0.15, -0.1) is 0 Å².